The Balaban J connectivity index is 1.58. The summed E-state index contributed by atoms with van der Waals surface area (Å²) in [6.07, 6.45) is 2.60. The van der Waals surface area contributed by atoms with Crippen molar-refractivity contribution in [1.82, 2.24) is 5.32 Å². The van der Waals surface area contributed by atoms with E-state index < -0.39 is 6.04 Å². The molecule has 0 aromatic heterocycles. The van der Waals surface area contributed by atoms with Gasteiger partial charge < -0.3 is 15.5 Å². The monoisotopic (exact) mass is 341 g/mol. The fourth-order valence-electron chi connectivity index (χ4n) is 2.68. The highest BCUT2D eigenvalue weighted by Gasteiger charge is 2.33. The molecule has 1 atom stereocenters. The molecule has 3 rings (SSSR count). The molecular formula is C18H19N3O2S. The topological polar surface area (TPSA) is 61.4 Å². The van der Waals surface area contributed by atoms with Crippen LogP contribution >= 0.6 is 11.8 Å². The van der Waals surface area contributed by atoms with Crippen LogP contribution in [0.4, 0.5) is 16.2 Å². The summed E-state index contributed by atoms with van der Waals surface area (Å²) in [6, 6.07) is 16.2. The molecule has 0 bridgehead atoms. The zero-order valence-electron chi connectivity index (χ0n) is 13.4. The third-order valence-electron chi connectivity index (χ3n) is 3.93. The summed E-state index contributed by atoms with van der Waals surface area (Å²) in [5, 5.41) is 5.52. The van der Waals surface area contributed by atoms with Gasteiger partial charge in [0.1, 0.15) is 6.04 Å². The summed E-state index contributed by atoms with van der Waals surface area (Å²) in [4.78, 5) is 27.4. The van der Waals surface area contributed by atoms with E-state index in [0.29, 0.717) is 18.7 Å². The molecule has 0 unspecified atom stereocenters. The van der Waals surface area contributed by atoms with E-state index in [4.69, 9.17) is 0 Å². The third kappa shape index (κ3) is 3.71. The lowest BCUT2D eigenvalue weighted by Gasteiger charge is -2.17. The van der Waals surface area contributed by atoms with E-state index in [1.807, 2.05) is 60.9 Å². The van der Waals surface area contributed by atoms with Crippen molar-refractivity contribution in [2.45, 2.75) is 17.4 Å². The number of carbonyl (C=O) groups is 2. The molecule has 0 saturated carbocycles. The number of carbonyl (C=O) groups excluding carboxylic acids is 2. The largest absolute Gasteiger partial charge is 0.326 e. The zero-order chi connectivity index (χ0) is 16.9. The zero-order valence-corrected chi connectivity index (χ0v) is 14.2. The number of nitrogens with one attached hydrogen (secondary N) is 2. The molecule has 6 heteroatoms. The Morgan fingerprint density at radius 3 is 2.50 bits per heavy atom. The highest BCUT2D eigenvalue weighted by molar-refractivity contribution is 7.98. The number of para-hydroxylation sites is 1. The molecule has 1 saturated heterocycles. The van der Waals surface area contributed by atoms with Crippen molar-refractivity contribution in [3.63, 3.8) is 0 Å². The van der Waals surface area contributed by atoms with Gasteiger partial charge in [0.05, 0.1) is 0 Å². The molecule has 0 spiro atoms. The second-order valence-corrected chi connectivity index (χ2v) is 6.37. The molecule has 1 heterocycles. The maximum absolute atomic E-state index is 12.5. The van der Waals surface area contributed by atoms with Crippen LogP contribution in [-0.4, -0.2) is 30.8 Å². The molecule has 5 nitrogen and oxygen atoms in total. The minimum atomic E-state index is -0.490. The summed E-state index contributed by atoms with van der Waals surface area (Å²) in [6.45, 7) is 0.607. The Morgan fingerprint density at radius 2 is 1.83 bits per heavy atom. The quantitative estimate of drug-likeness (QED) is 0.839. The second kappa shape index (κ2) is 7.40. The van der Waals surface area contributed by atoms with Crippen molar-refractivity contribution in [3.8, 4) is 0 Å². The van der Waals surface area contributed by atoms with Crippen molar-refractivity contribution < 1.29 is 9.59 Å². The maximum Gasteiger partial charge on any atom is 0.319 e. The Morgan fingerprint density at radius 1 is 1.12 bits per heavy atom. The predicted molar refractivity (Wildman–Crippen MR) is 97.6 cm³/mol. The van der Waals surface area contributed by atoms with Gasteiger partial charge in [-0.15, -0.1) is 11.8 Å². The number of amides is 3. The highest BCUT2D eigenvalue weighted by Crippen LogP contribution is 2.21. The Hall–Kier alpha value is -2.47. The Labute approximate surface area is 145 Å². The summed E-state index contributed by atoms with van der Waals surface area (Å²) in [7, 11) is 0. The fourth-order valence-corrected chi connectivity index (χ4v) is 3.09. The molecule has 1 aliphatic rings. The number of hydrogen-bond acceptors (Lipinski definition) is 3. The number of anilines is 2. The van der Waals surface area contributed by atoms with Crippen molar-refractivity contribution in [3.05, 3.63) is 54.6 Å². The molecule has 2 N–H and O–H groups in total. The summed E-state index contributed by atoms with van der Waals surface area (Å²) in [5.74, 6) is -0.0749. The SMILES string of the molecule is CSc1ccc(NC(=O)N[C@H]2CCN(c3ccccc3)C2=O)cc1. The van der Waals surface area contributed by atoms with Crippen LogP contribution in [-0.2, 0) is 4.79 Å². The van der Waals surface area contributed by atoms with Crippen LogP contribution in [0, 0.1) is 0 Å². The molecule has 2 aromatic rings. The van der Waals surface area contributed by atoms with Gasteiger partial charge in [-0.2, -0.15) is 0 Å². The molecule has 1 fully saturated rings. The molecule has 24 heavy (non-hydrogen) atoms. The van der Waals surface area contributed by atoms with E-state index in [9.17, 15) is 9.59 Å². The molecule has 2 aromatic carbocycles. The molecule has 0 radical (unpaired) electrons. The first-order valence-electron chi connectivity index (χ1n) is 7.75. The minimum Gasteiger partial charge on any atom is -0.326 e. The first-order chi connectivity index (χ1) is 11.7. The van der Waals surface area contributed by atoms with Crippen molar-refractivity contribution >= 4 is 35.1 Å². The van der Waals surface area contributed by atoms with Gasteiger partial charge in [0, 0.05) is 22.8 Å². The van der Waals surface area contributed by atoms with Crippen LogP contribution < -0.4 is 15.5 Å². The van der Waals surface area contributed by atoms with E-state index in [1.54, 1.807) is 16.7 Å². The summed E-state index contributed by atoms with van der Waals surface area (Å²) in [5.41, 5.74) is 1.57. The first kappa shape index (κ1) is 16.4. The lowest BCUT2D eigenvalue weighted by Crippen LogP contribution is -2.43. The predicted octanol–water partition coefficient (Wildman–Crippen LogP) is 3.34. The van der Waals surface area contributed by atoms with Gasteiger partial charge in [0.15, 0.2) is 0 Å². The first-order valence-corrected chi connectivity index (χ1v) is 8.98. The molecular weight excluding hydrogens is 322 g/mol. The van der Waals surface area contributed by atoms with Gasteiger partial charge in [-0.1, -0.05) is 18.2 Å². The van der Waals surface area contributed by atoms with E-state index in [2.05, 4.69) is 10.6 Å². The van der Waals surface area contributed by atoms with Crippen LogP contribution in [0.3, 0.4) is 0 Å². The maximum atomic E-state index is 12.5. The van der Waals surface area contributed by atoms with Crippen LogP contribution in [0.15, 0.2) is 59.5 Å². The molecule has 1 aliphatic heterocycles. The number of hydrogen-bond donors (Lipinski definition) is 2. The third-order valence-corrected chi connectivity index (χ3v) is 4.67. The van der Waals surface area contributed by atoms with Gasteiger partial charge in [-0.3, -0.25) is 4.79 Å². The number of urea groups is 1. The highest BCUT2D eigenvalue weighted by atomic mass is 32.2. The van der Waals surface area contributed by atoms with Crippen LogP contribution in [0.1, 0.15) is 6.42 Å². The van der Waals surface area contributed by atoms with Crippen molar-refractivity contribution in [1.29, 1.82) is 0 Å². The Bertz CT molecular complexity index is 719. The summed E-state index contributed by atoms with van der Waals surface area (Å²) < 4.78 is 0. The van der Waals surface area contributed by atoms with E-state index in [1.165, 1.54) is 0 Å². The van der Waals surface area contributed by atoms with Gasteiger partial charge in [0.25, 0.3) is 0 Å². The summed E-state index contributed by atoms with van der Waals surface area (Å²) >= 11 is 1.64. The van der Waals surface area contributed by atoms with Crippen LogP contribution in [0.2, 0.25) is 0 Å². The van der Waals surface area contributed by atoms with E-state index in [0.717, 1.165) is 10.6 Å². The van der Waals surface area contributed by atoms with E-state index >= 15 is 0 Å². The average molecular weight is 341 g/mol. The normalized spacial score (nSPS) is 17.0. The number of thioether (sulfide) groups is 1. The standard InChI is InChI=1S/C18H19N3O2S/c1-24-15-9-7-13(8-10-15)19-18(23)20-16-11-12-21(17(16)22)14-5-3-2-4-6-14/h2-10,16H,11-12H2,1H3,(H2,19,20,23)/t16-/m0/s1. The Kier molecular flexibility index (Phi) is 5.05. The lowest BCUT2D eigenvalue weighted by molar-refractivity contribution is -0.118. The van der Waals surface area contributed by atoms with E-state index in [-0.39, 0.29) is 11.9 Å². The van der Waals surface area contributed by atoms with Crippen LogP contribution in [0.25, 0.3) is 0 Å². The van der Waals surface area contributed by atoms with Gasteiger partial charge >= 0.3 is 6.03 Å². The smallest absolute Gasteiger partial charge is 0.319 e. The van der Waals surface area contributed by atoms with Gasteiger partial charge in [-0.25, -0.2) is 4.79 Å². The number of benzene rings is 2. The van der Waals surface area contributed by atoms with Gasteiger partial charge in [0.2, 0.25) is 5.91 Å². The molecule has 3 amide bonds. The lowest BCUT2D eigenvalue weighted by atomic mass is 10.2. The fraction of sp³-hybridized carbons (Fsp3) is 0.222. The van der Waals surface area contributed by atoms with Crippen molar-refractivity contribution in [2.75, 3.05) is 23.0 Å². The van der Waals surface area contributed by atoms with Gasteiger partial charge in [-0.05, 0) is 49.1 Å². The second-order valence-electron chi connectivity index (χ2n) is 5.49. The minimum absolute atomic E-state index is 0.0749. The van der Waals surface area contributed by atoms with Crippen molar-refractivity contribution in [2.24, 2.45) is 0 Å². The molecule has 0 aliphatic carbocycles. The number of rotatable bonds is 4. The number of nitrogens with zero attached hydrogens (tertiary/aromatic N) is 1. The molecule has 124 valence electrons. The van der Waals surface area contributed by atoms with Crippen LogP contribution in [0.5, 0.6) is 0 Å². The average Bonchev–Trinajstić information content (AvgIpc) is 2.97.